The van der Waals surface area contributed by atoms with Crippen molar-refractivity contribution >= 4 is 10.0 Å². The van der Waals surface area contributed by atoms with Crippen LogP contribution in [0.25, 0.3) is 0 Å². The van der Waals surface area contributed by atoms with Gasteiger partial charge in [0.15, 0.2) is 5.82 Å². The van der Waals surface area contributed by atoms with Crippen LogP contribution in [0.4, 0.5) is 0 Å². The standard InChI is InChI=1S/C23H33N3O4S/c1-4-21-24-22(30-25-21)15-18-9-14-29-23(16-18)10-12-26(13-11-23)31(27,28)20-7-5-19(6-8-20)17(2)3/h5-8,17-18H,4,9-16H2,1-3H3. The molecule has 0 amide bonds. The van der Waals surface area contributed by atoms with Crippen molar-refractivity contribution in [2.24, 2.45) is 5.92 Å². The van der Waals surface area contributed by atoms with Gasteiger partial charge in [-0.05, 0) is 55.2 Å². The Kier molecular flexibility index (Phi) is 6.51. The van der Waals surface area contributed by atoms with Gasteiger partial charge in [-0.3, -0.25) is 0 Å². The second kappa shape index (κ2) is 9.00. The highest BCUT2D eigenvalue weighted by Crippen LogP contribution is 2.39. The van der Waals surface area contributed by atoms with E-state index in [2.05, 4.69) is 24.0 Å². The number of aromatic nitrogens is 2. The fourth-order valence-electron chi connectivity index (χ4n) is 4.72. The van der Waals surface area contributed by atoms with Crippen LogP contribution in [0.3, 0.4) is 0 Å². The van der Waals surface area contributed by atoms with E-state index >= 15 is 0 Å². The lowest BCUT2D eigenvalue weighted by atomic mass is 9.79. The third-order valence-corrected chi connectivity index (χ3v) is 8.62. The molecule has 1 atom stereocenters. The quantitative estimate of drug-likeness (QED) is 0.667. The highest BCUT2D eigenvalue weighted by Gasteiger charge is 2.43. The van der Waals surface area contributed by atoms with Crippen molar-refractivity contribution in [1.29, 1.82) is 0 Å². The molecular weight excluding hydrogens is 414 g/mol. The monoisotopic (exact) mass is 447 g/mol. The number of piperidine rings is 1. The summed E-state index contributed by atoms with van der Waals surface area (Å²) in [6.45, 7) is 7.89. The van der Waals surface area contributed by atoms with Crippen molar-refractivity contribution in [3.63, 3.8) is 0 Å². The van der Waals surface area contributed by atoms with Crippen LogP contribution >= 0.6 is 0 Å². The zero-order valence-electron chi connectivity index (χ0n) is 18.7. The van der Waals surface area contributed by atoms with Gasteiger partial charge >= 0.3 is 0 Å². The smallest absolute Gasteiger partial charge is 0.243 e. The number of rotatable bonds is 6. The third kappa shape index (κ3) is 4.86. The minimum Gasteiger partial charge on any atom is -0.375 e. The largest absolute Gasteiger partial charge is 0.375 e. The van der Waals surface area contributed by atoms with Crippen LogP contribution in [0.15, 0.2) is 33.7 Å². The summed E-state index contributed by atoms with van der Waals surface area (Å²) in [5.74, 6) is 2.25. The average Bonchev–Trinajstić information content (AvgIpc) is 3.22. The van der Waals surface area contributed by atoms with Crippen LogP contribution in [-0.2, 0) is 27.6 Å². The van der Waals surface area contributed by atoms with E-state index in [-0.39, 0.29) is 5.60 Å². The Morgan fingerprint density at radius 1 is 1.19 bits per heavy atom. The van der Waals surface area contributed by atoms with Gasteiger partial charge in [0.05, 0.1) is 10.5 Å². The number of aryl methyl sites for hydroxylation is 1. The van der Waals surface area contributed by atoms with Crippen LogP contribution in [-0.4, -0.2) is 48.2 Å². The van der Waals surface area contributed by atoms with Crippen LogP contribution < -0.4 is 0 Å². The summed E-state index contributed by atoms with van der Waals surface area (Å²) in [6, 6.07) is 7.30. The number of hydrogen-bond donors (Lipinski definition) is 0. The summed E-state index contributed by atoms with van der Waals surface area (Å²) >= 11 is 0. The minimum absolute atomic E-state index is 0.246. The number of benzene rings is 1. The predicted molar refractivity (Wildman–Crippen MR) is 117 cm³/mol. The Hall–Kier alpha value is -1.77. The number of nitrogens with zero attached hydrogens (tertiary/aromatic N) is 3. The topological polar surface area (TPSA) is 85.5 Å². The van der Waals surface area contributed by atoms with E-state index in [1.807, 2.05) is 19.1 Å². The number of sulfonamides is 1. The highest BCUT2D eigenvalue weighted by molar-refractivity contribution is 7.89. The lowest BCUT2D eigenvalue weighted by Crippen LogP contribution is -2.50. The van der Waals surface area contributed by atoms with E-state index in [1.165, 1.54) is 0 Å². The first-order chi connectivity index (χ1) is 14.8. The maximum Gasteiger partial charge on any atom is 0.243 e. The molecule has 1 spiro atoms. The van der Waals surface area contributed by atoms with Crippen LogP contribution in [0.1, 0.15) is 69.7 Å². The molecule has 1 aromatic heterocycles. The van der Waals surface area contributed by atoms with E-state index in [4.69, 9.17) is 9.26 Å². The Morgan fingerprint density at radius 3 is 2.52 bits per heavy atom. The predicted octanol–water partition coefficient (Wildman–Crippen LogP) is 3.95. The normalized spacial score (nSPS) is 22.3. The van der Waals surface area contributed by atoms with Crippen LogP contribution in [0.2, 0.25) is 0 Å². The maximum atomic E-state index is 13.1. The van der Waals surface area contributed by atoms with E-state index in [9.17, 15) is 8.42 Å². The zero-order chi connectivity index (χ0) is 22.1. The summed E-state index contributed by atoms with van der Waals surface area (Å²) in [5, 5.41) is 3.99. The molecule has 4 rings (SSSR count). The molecule has 2 saturated heterocycles. The zero-order valence-corrected chi connectivity index (χ0v) is 19.5. The van der Waals surface area contributed by atoms with Crippen molar-refractivity contribution in [2.75, 3.05) is 19.7 Å². The lowest BCUT2D eigenvalue weighted by Gasteiger charge is -2.45. The van der Waals surface area contributed by atoms with E-state index in [0.29, 0.717) is 42.3 Å². The maximum absolute atomic E-state index is 13.1. The molecule has 2 aromatic rings. The molecule has 2 aliphatic rings. The molecule has 0 radical (unpaired) electrons. The Bertz CT molecular complexity index is 977. The molecule has 2 fully saturated rings. The average molecular weight is 448 g/mol. The summed E-state index contributed by atoms with van der Waals surface area (Å²) < 4.78 is 39.5. The molecule has 31 heavy (non-hydrogen) atoms. The van der Waals surface area contributed by atoms with Gasteiger partial charge in [-0.2, -0.15) is 9.29 Å². The first kappa shape index (κ1) is 22.4. The van der Waals surface area contributed by atoms with E-state index in [1.54, 1.807) is 16.4 Å². The molecule has 2 aliphatic heterocycles. The van der Waals surface area contributed by atoms with E-state index in [0.717, 1.165) is 49.9 Å². The van der Waals surface area contributed by atoms with Gasteiger partial charge in [0.2, 0.25) is 15.9 Å². The molecule has 0 saturated carbocycles. The molecule has 0 aliphatic carbocycles. The highest BCUT2D eigenvalue weighted by atomic mass is 32.2. The Morgan fingerprint density at radius 2 is 1.90 bits per heavy atom. The molecule has 0 bridgehead atoms. The molecular formula is C23H33N3O4S. The molecule has 0 N–H and O–H groups in total. The fourth-order valence-corrected chi connectivity index (χ4v) is 6.16. The minimum atomic E-state index is -3.48. The van der Waals surface area contributed by atoms with Gasteiger partial charge in [0, 0.05) is 32.5 Å². The van der Waals surface area contributed by atoms with Crippen molar-refractivity contribution in [3.05, 3.63) is 41.5 Å². The van der Waals surface area contributed by atoms with E-state index < -0.39 is 10.0 Å². The summed E-state index contributed by atoms with van der Waals surface area (Å²) in [4.78, 5) is 4.82. The van der Waals surface area contributed by atoms with Crippen molar-refractivity contribution < 1.29 is 17.7 Å². The van der Waals surface area contributed by atoms with Gasteiger partial charge in [-0.25, -0.2) is 8.42 Å². The SMILES string of the molecule is CCc1noc(CC2CCOC3(CCN(S(=O)(=O)c4ccc(C(C)C)cc4)CC3)C2)n1. The first-order valence-electron chi connectivity index (χ1n) is 11.4. The summed E-state index contributed by atoms with van der Waals surface area (Å²) in [5.41, 5.74) is 0.898. The number of ether oxygens (including phenoxy) is 1. The van der Waals surface area contributed by atoms with Crippen molar-refractivity contribution in [1.82, 2.24) is 14.4 Å². The third-order valence-electron chi connectivity index (χ3n) is 6.70. The molecule has 1 unspecified atom stereocenters. The van der Waals surface area contributed by atoms with Gasteiger partial charge in [0.1, 0.15) is 0 Å². The Labute approximate surface area is 185 Å². The van der Waals surface area contributed by atoms with Crippen LogP contribution in [0, 0.1) is 5.92 Å². The number of hydrogen-bond acceptors (Lipinski definition) is 6. The van der Waals surface area contributed by atoms with Gasteiger partial charge in [-0.1, -0.05) is 38.1 Å². The van der Waals surface area contributed by atoms with Crippen molar-refractivity contribution in [3.8, 4) is 0 Å². The van der Waals surface area contributed by atoms with Gasteiger partial charge in [-0.15, -0.1) is 0 Å². The first-order valence-corrected chi connectivity index (χ1v) is 12.8. The summed E-state index contributed by atoms with van der Waals surface area (Å²) in [7, 11) is -3.48. The van der Waals surface area contributed by atoms with Gasteiger partial charge in [0.25, 0.3) is 0 Å². The van der Waals surface area contributed by atoms with Crippen molar-refractivity contribution in [2.45, 2.75) is 75.7 Å². The second-order valence-corrected chi connectivity index (χ2v) is 11.1. The lowest BCUT2D eigenvalue weighted by molar-refractivity contribution is -0.121. The van der Waals surface area contributed by atoms with Crippen LogP contribution in [0.5, 0.6) is 0 Å². The van der Waals surface area contributed by atoms with Gasteiger partial charge < -0.3 is 9.26 Å². The molecule has 3 heterocycles. The summed E-state index contributed by atoms with van der Waals surface area (Å²) in [6.07, 6.45) is 4.85. The molecule has 1 aromatic carbocycles. The molecule has 170 valence electrons. The molecule has 7 nitrogen and oxygen atoms in total. The second-order valence-electron chi connectivity index (χ2n) is 9.18. The fraction of sp³-hybridized carbons (Fsp3) is 0.652. The Balaban J connectivity index is 1.38. The molecule has 8 heteroatoms.